The van der Waals surface area contributed by atoms with Crippen LogP contribution in [-0.4, -0.2) is 84.7 Å². The minimum Gasteiger partial charge on any atom is -0.460 e. The van der Waals surface area contributed by atoms with E-state index in [1.807, 2.05) is 61.5 Å². The monoisotopic (exact) mass is 955 g/mol. The van der Waals surface area contributed by atoms with Crippen molar-refractivity contribution in [3.8, 4) is 28.4 Å². The number of ether oxygens (including phenoxy) is 4. The van der Waals surface area contributed by atoms with Gasteiger partial charge in [-0.15, -0.1) is 6.58 Å². The molecule has 2 fully saturated rings. The van der Waals surface area contributed by atoms with Gasteiger partial charge in [-0.1, -0.05) is 97.7 Å². The summed E-state index contributed by atoms with van der Waals surface area (Å²) in [7, 11) is -4.31. The highest BCUT2D eigenvalue weighted by Gasteiger charge is 2.66. The number of fused-ring (bicyclic) bond motifs is 3. The van der Waals surface area contributed by atoms with E-state index in [0.29, 0.717) is 66.2 Å². The second-order valence-corrected chi connectivity index (χ2v) is 20.5. The quantitative estimate of drug-likeness (QED) is 0.0413. The van der Waals surface area contributed by atoms with E-state index in [9.17, 15) is 10.2 Å². The first-order valence-electron chi connectivity index (χ1n) is 24.8. The van der Waals surface area contributed by atoms with Crippen molar-refractivity contribution in [2.24, 2.45) is 22.9 Å². The number of pyridine rings is 1. The Morgan fingerprint density at radius 3 is 2.42 bits per heavy atom. The first kappa shape index (κ1) is 48.6. The van der Waals surface area contributed by atoms with E-state index in [4.69, 9.17) is 28.9 Å². The molecule has 2 aliphatic carbocycles. The fourth-order valence-corrected chi connectivity index (χ4v) is 13.1. The third-order valence-electron chi connectivity index (χ3n) is 14.2. The molecule has 0 amide bonds. The summed E-state index contributed by atoms with van der Waals surface area (Å²) >= 11 is 0. The Labute approximate surface area is 406 Å². The Morgan fingerprint density at radius 1 is 0.899 bits per heavy atom. The summed E-state index contributed by atoms with van der Waals surface area (Å²) in [6.45, 7) is 6.99. The summed E-state index contributed by atoms with van der Waals surface area (Å²) in [6.07, 6.45) is 12.7. The Kier molecular flexibility index (Phi) is 15.6. The van der Waals surface area contributed by atoms with Gasteiger partial charge in [0.2, 0.25) is 22.1 Å². The summed E-state index contributed by atoms with van der Waals surface area (Å²) in [5, 5.41) is 25.8. The molecule has 364 valence electrons. The maximum Gasteiger partial charge on any atom is 0.245 e. The number of benzene rings is 4. The molecule has 2 aliphatic heterocycles. The number of sulfonamides is 1. The van der Waals surface area contributed by atoms with Crippen molar-refractivity contribution < 1.29 is 42.4 Å². The van der Waals surface area contributed by atoms with E-state index in [1.54, 1.807) is 34.8 Å². The van der Waals surface area contributed by atoms with Crippen LogP contribution in [0.1, 0.15) is 89.0 Å². The first-order valence-corrected chi connectivity index (χ1v) is 26.3. The molecule has 5 aromatic rings. The van der Waals surface area contributed by atoms with Crippen LogP contribution in [0.3, 0.4) is 0 Å². The third-order valence-corrected chi connectivity index (χ3v) is 16.2. The van der Waals surface area contributed by atoms with Crippen molar-refractivity contribution in [2.45, 2.75) is 106 Å². The predicted octanol–water partition coefficient (Wildman–Crippen LogP) is 11.0. The Hall–Kier alpha value is -5.41. The average Bonchev–Trinajstić information content (AvgIpc) is 3.38. The summed E-state index contributed by atoms with van der Waals surface area (Å²) in [5.74, 6) is -0.583. The topological polar surface area (TPSA) is 149 Å². The van der Waals surface area contributed by atoms with Crippen LogP contribution in [0.15, 0.2) is 144 Å². The van der Waals surface area contributed by atoms with E-state index in [2.05, 4.69) is 48.0 Å². The van der Waals surface area contributed by atoms with Crippen LogP contribution in [0.25, 0.3) is 22.0 Å². The number of hydrogen-bond donors (Lipinski definition) is 2. The Bertz CT molecular complexity index is 2700. The molecule has 7 unspecified atom stereocenters. The lowest BCUT2D eigenvalue weighted by atomic mass is 9.55. The van der Waals surface area contributed by atoms with E-state index in [1.165, 1.54) is 0 Å². The predicted molar refractivity (Wildman–Crippen MR) is 268 cm³/mol. The second kappa shape index (κ2) is 22.1. The smallest absolute Gasteiger partial charge is 0.245 e. The van der Waals surface area contributed by atoms with Crippen LogP contribution in [-0.2, 0) is 24.3 Å². The molecule has 13 heteroatoms. The molecule has 4 aliphatic rings. The van der Waals surface area contributed by atoms with Gasteiger partial charge in [0, 0.05) is 55.7 Å². The number of nitrogens with zero attached hydrogens (tertiary/aromatic N) is 3. The van der Waals surface area contributed by atoms with Crippen molar-refractivity contribution in [3.05, 3.63) is 139 Å². The van der Waals surface area contributed by atoms with Crippen LogP contribution >= 0.6 is 0 Å². The van der Waals surface area contributed by atoms with Crippen LogP contribution in [0.4, 0.5) is 0 Å². The number of unbranched alkanes of at least 4 members (excludes halogenated alkanes) is 2. The molecular formula is C56H65N3O9S. The zero-order valence-corrected chi connectivity index (χ0v) is 40.4. The van der Waals surface area contributed by atoms with Gasteiger partial charge in [0.05, 0.1) is 36.4 Å². The van der Waals surface area contributed by atoms with E-state index in [0.717, 1.165) is 60.8 Å². The van der Waals surface area contributed by atoms with Gasteiger partial charge in [-0.2, -0.15) is 4.31 Å². The molecule has 3 heterocycles. The maximum absolute atomic E-state index is 15.7. The lowest BCUT2D eigenvalue weighted by molar-refractivity contribution is -0.251. The number of para-hydroxylation sites is 1. The number of aliphatic hydroxyl groups is 2. The normalized spacial score (nSPS) is 24.8. The van der Waals surface area contributed by atoms with E-state index in [-0.39, 0.29) is 55.4 Å². The fraction of sp³-hybridized carbons (Fsp3) is 0.429. The standard InChI is InChI=1S/C56H65N3O9S/c1-3-31-59(69(62,63)50-22-14-19-41-20-15-30-57-55(41)50)51-38-48(58-68-52-23-10-13-35-64-52)46-36-42(18-8-11-32-60)45(21-9-12-33-61)53-47-37-44(28-29-49(47)67-56(51,54(46)53)65-34-4-2)66-43-26-24-40(25-27-43)39-16-6-5-7-17-39/h4-7,14-17,19-20,22,24-30,36-37,42,45,51-54,60-61H,2-3,8-13,18,21,23,31-35,38H2,1H3. The zero-order valence-electron chi connectivity index (χ0n) is 39.5. The number of oxime groups is 1. The highest BCUT2D eigenvalue weighted by Crippen LogP contribution is 2.62. The summed E-state index contributed by atoms with van der Waals surface area (Å²) in [5.41, 5.74) is 5.00. The van der Waals surface area contributed by atoms with Gasteiger partial charge < -0.3 is 34.0 Å². The van der Waals surface area contributed by atoms with Gasteiger partial charge in [0.1, 0.15) is 22.1 Å². The van der Waals surface area contributed by atoms with E-state index >= 15 is 8.42 Å². The lowest BCUT2D eigenvalue weighted by Gasteiger charge is -2.59. The van der Waals surface area contributed by atoms with Crippen molar-refractivity contribution in [2.75, 3.05) is 33.0 Å². The van der Waals surface area contributed by atoms with Crippen LogP contribution in [0.2, 0.25) is 0 Å². The molecule has 2 N–H and O–H groups in total. The minimum absolute atomic E-state index is 0.0140. The van der Waals surface area contributed by atoms with Gasteiger partial charge in [-0.25, -0.2) is 8.42 Å². The Morgan fingerprint density at radius 2 is 1.67 bits per heavy atom. The van der Waals surface area contributed by atoms with Gasteiger partial charge in [-0.05, 0) is 116 Å². The molecular weight excluding hydrogens is 891 g/mol. The van der Waals surface area contributed by atoms with Crippen molar-refractivity contribution >= 4 is 26.6 Å². The van der Waals surface area contributed by atoms with E-state index < -0.39 is 34.1 Å². The largest absolute Gasteiger partial charge is 0.460 e. The first-order chi connectivity index (χ1) is 33.8. The molecule has 69 heavy (non-hydrogen) atoms. The summed E-state index contributed by atoms with van der Waals surface area (Å²) in [6, 6.07) is 32.1. The molecule has 7 atom stereocenters. The molecule has 1 aromatic heterocycles. The summed E-state index contributed by atoms with van der Waals surface area (Å²) < 4.78 is 60.2. The van der Waals surface area contributed by atoms with Crippen molar-refractivity contribution in [1.29, 1.82) is 0 Å². The van der Waals surface area contributed by atoms with Gasteiger partial charge >= 0.3 is 0 Å². The van der Waals surface area contributed by atoms with Crippen molar-refractivity contribution in [1.82, 2.24) is 9.29 Å². The van der Waals surface area contributed by atoms with Crippen molar-refractivity contribution in [3.63, 3.8) is 0 Å². The number of aromatic nitrogens is 1. The fourth-order valence-electron chi connectivity index (χ4n) is 11.2. The zero-order chi connectivity index (χ0) is 47.8. The molecule has 4 aromatic carbocycles. The molecule has 1 saturated carbocycles. The molecule has 12 nitrogen and oxygen atoms in total. The van der Waals surface area contributed by atoms with Crippen LogP contribution < -0.4 is 9.47 Å². The van der Waals surface area contributed by atoms with Gasteiger partial charge in [0.15, 0.2) is 0 Å². The lowest BCUT2D eigenvalue weighted by Crippen LogP contribution is -2.70. The number of rotatable bonds is 21. The van der Waals surface area contributed by atoms with Crippen LogP contribution in [0.5, 0.6) is 17.2 Å². The molecule has 0 bridgehead atoms. The number of allylic oxidation sites excluding steroid dienone is 1. The third kappa shape index (κ3) is 10.1. The van der Waals surface area contributed by atoms with Gasteiger partial charge in [-0.3, -0.25) is 4.98 Å². The highest BCUT2D eigenvalue weighted by molar-refractivity contribution is 7.89. The van der Waals surface area contributed by atoms with Gasteiger partial charge in [0.25, 0.3) is 0 Å². The SMILES string of the molecule is C=CCOC12Oc3ccc(Oc4ccc(-c5ccccc5)cc4)cc3C3C(CCCCO)C(CCCCO)C=C(C(=NOC4CCCCO4)CC1N(CCC)S(=O)(=O)c1cccc4cccnc14)C32. The molecule has 0 spiro atoms. The molecule has 1 saturated heterocycles. The second-order valence-electron chi connectivity index (χ2n) is 18.6. The van der Waals surface area contributed by atoms with Crippen LogP contribution in [0, 0.1) is 17.8 Å². The molecule has 0 radical (unpaired) electrons. The highest BCUT2D eigenvalue weighted by atomic mass is 32.2. The summed E-state index contributed by atoms with van der Waals surface area (Å²) in [4.78, 5) is 11.0. The Balaban J connectivity index is 1.23. The average molecular weight is 956 g/mol. The maximum atomic E-state index is 15.7. The number of hydrogen-bond acceptors (Lipinski definition) is 11. The minimum atomic E-state index is -4.31. The number of aliphatic hydroxyl groups excluding tert-OH is 2. The molecule has 9 rings (SSSR count).